The first-order chi connectivity index (χ1) is 13.8. The fraction of sp³-hybridized carbons (Fsp3) is 0.300. The zero-order chi connectivity index (χ0) is 18.9. The Labute approximate surface area is 166 Å². The maximum Gasteiger partial charge on any atom is 0.247 e. The minimum absolute atomic E-state index is 0.508. The first-order valence-electron chi connectivity index (χ1n) is 9.24. The third kappa shape index (κ3) is 3.60. The van der Waals surface area contributed by atoms with Gasteiger partial charge in [0.05, 0.1) is 18.6 Å². The van der Waals surface area contributed by atoms with Gasteiger partial charge in [-0.2, -0.15) is 0 Å². The van der Waals surface area contributed by atoms with Gasteiger partial charge in [-0.15, -0.1) is 20.4 Å². The van der Waals surface area contributed by atoms with Crippen LogP contribution in [-0.4, -0.2) is 25.0 Å². The van der Waals surface area contributed by atoms with Gasteiger partial charge in [-0.1, -0.05) is 29.5 Å². The third-order valence-corrected chi connectivity index (χ3v) is 5.62. The lowest BCUT2D eigenvalue weighted by Crippen LogP contribution is -2.05. The fourth-order valence-electron chi connectivity index (χ4n) is 3.01. The van der Waals surface area contributed by atoms with Gasteiger partial charge in [0.15, 0.2) is 5.16 Å². The van der Waals surface area contributed by atoms with Gasteiger partial charge in [-0.05, 0) is 44.0 Å². The predicted octanol–water partition coefficient (Wildman–Crippen LogP) is 4.45. The van der Waals surface area contributed by atoms with Crippen molar-refractivity contribution in [1.82, 2.24) is 25.0 Å². The van der Waals surface area contributed by atoms with E-state index >= 15 is 0 Å². The normalized spacial score (nSPS) is 13.9. The molecule has 0 N–H and O–H groups in total. The molecule has 3 aromatic heterocycles. The van der Waals surface area contributed by atoms with Gasteiger partial charge in [0, 0.05) is 11.5 Å². The molecular weight excluding hydrogens is 374 g/mol. The van der Waals surface area contributed by atoms with Crippen LogP contribution in [0.5, 0.6) is 0 Å². The maximum absolute atomic E-state index is 5.82. The van der Waals surface area contributed by atoms with Crippen molar-refractivity contribution in [1.29, 1.82) is 0 Å². The molecule has 5 rings (SSSR count). The molecule has 0 atom stereocenters. The Morgan fingerprint density at radius 2 is 1.93 bits per heavy atom. The molecule has 0 unspecified atom stereocenters. The number of benzene rings is 1. The van der Waals surface area contributed by atoms with Crippen LogP contribution < -0.4 is 0 Å². The van der Waals surface area contributed by atoms with Crippen molar-refractivity contribution in [3.63, 3.8) is 0 Å². The van der Waals surface area contributed by atoms with E-state index in [2.05, 4.69) is 31.9 Å². The minimum atomic E-state index is 0.508. The van der Waals surface area contributed by atoms with E-state index in [1.165, 1.54) is 18.4 Å². The van der Waals surface area contributed by atoms with Gasteiger partial charge in [0.2, 0.25) is 11.8 Å². The zero-order valence-corrected chi connectivity index (χ0v) is 16.2. The lowest BCUT2D eigenvalue weighted by atomic mass is 10.1. The average Bonchev–Trinajstić information content (AvgIpc) is 3.10. The highest BCUT2D eigenvalue weighted by Crippen LogP contribution is 2.40. The van der Waals surface area contributed by atoms with Gasteiger partial charge in [-0.25, -0.2) is 0 Å². The fourth-order valence-corrected chi connectivity index (χ4v) is 3.79. The molecule has 1 fully saturated rings. The number of furan rings is 1. The largest absolute Gasteiger partial charge is 0.467 e. The molecule has 0 spiro atoms. The van der Waals surface area contributed by atoms with Gasteiger partial charge in [-0.3, -0.25) is 4.57 Å². The second-order valence-corrected chi connectivity index (χ2v) is 7.88. The van der Waals surface area contributed by atoms with Crippen LogP contribution in [0.25, 0.3) is 11.5 Å². The first-order valence-corrected chi connectivity index (χ1v) is 10.2. The zero-order valence-electron chi connectivity index (χ0n) is 15.4. The van der Waals surface area contributed by atoms with E-state index < -0.39 is 0 Å². The summed E-state index contributed by atoms with van der Waals surface area (Å²) in [4.78, 5) is 0. The molecule has 0 aliphatic heterocycles. The molecular formula is C20H19N5O2S. The molecule has 142 valence electrons. The number of nitrogens with zero attached hydrogens (tertiary/aromatic N) is 5. The summed E-state index contributed by atoms with van der Waals surface area (Å²) in [5.41, 5.74) is 2.12. The average molecular weight is 393 g/mol. The van der Waals surface area contributed by atoms with Gasteiger partial charge >= 0.3 is 0 Å². The molecule has 0 bridgehead atoms. The van der Waals surface area contributed by atoms with Crippen LogP contribution in [0.15, 0.2) is 56.7 Å². The summed E-state index contributed by atoms with van der Waals surface area (Å²) in [6.45, 7) is 2.68. The van der Waals surface area contributed by atoms with Crippen molar-refractivity contribution in [3.8, 4) is 11.5 Å². The highest BCUT2D eigenvalue weighted by Gasteiger charge is 2.30. The number of aromatic nitrogens is 5. The molecule has 3 heterocycles. The molecule has 1 saturated carbocycles. The van der Waals surface area contributed by atoms with Crippen LogP contribution in [0, 0.1) is 6.92 Å². The van der Waals surface area contributed by atoms with Crippen molar-refractivity contribution in [2.24, 2.45) is 0 Å². The molecule has 1 aromatic carbocycles. The van der Waals surface area contributed by atoms with Crippen molar-refractivity contribution in [2.45, 2.75) is 43.1 Å². The van der Waals surface area contributed by atoms with Gasteiger partial charge in [0.1, 0.15) is 11.6 Å². The van der Waals surface area contributed by atoms with E-state index in [9.17, 15) is 0 Å². The Kier molecular flexibility index (Phi) is 4.48. The van der Waals surface area contributed by atoms with Crippen LogP contribution in [0.3, 0.4) is 0 Å². The molecule has 7 nitrogen and oxygen atoms in total. The van der Waals surface area contributed by atoms with E-state index in [1.54, 1.807) is 18.0 Å². The standard InChI is InChI=1S/C20H19N5O2S/c1-13-4-6-15(7-5-13)19-23-21-17(27-19)12-28-20-24-22-18(14-8-9-14)25(20)11-16-3-2-10-26-16/h2-7,10,14H,8-9,11-12H2,1H3. The molecule has 1 aliphatic rings. The highest BCUT2D eigenvalue weighted by atomic mass is 32.2. The summed E-state index contributed by atoms with van der Waals surface area (Å²) in [6.07, 6.45) is 4.03. The van der Waals surface area contributed by atoms with E-state index in [0.717, 1.165) is 22.3 Å². The Morgan fingerprint density at radius 1 is 1.07 bits per heavy atom. The van der Waals surface area contributed by atoms with Crippen molar-refractivity contribution >= 4 is 11.8 Å². The summed E-state index contributed by atoms with van der Waals surface area (Å²) in [6, 6.07) is 11.9. The number of aryl methyl sites for hydroxylation is 1. The lowest BCUT2D eigenvalue weighted by Gasteiger charge is -2.07. The molecule has 1 aliphatic carbocycles. The summed E-state index contributed by atoms with van der Waals surface area (Å²) in [5.74, 6) is 4.08. The molecule has 0 amide bonds. The third-order valence-electron chi connectivity index (χ3n) is 4.67. The van der Waals surface area contributed by atoms with Gasteiger partial charge < -0.3 is 8.83 Å². The summed E-state index contributed by atoms with van der Waals surface area (Å²) < 4.78 is 13.5. The predicted molar refractivity (Wildman–Crippen MR) is 104 cm³/mol. The van der Waals surface area contributed by atoms with Crippen LogP contribution in [-0.2, 0) is 12.3 Å². The minimum Gasteiger partial charge on any atom is -0.467 e. The Balaban J connectivity index is 1.32. The molecule has 4 aromatic rings. The van der Waals surface area contributed by atoms with Crippen LogP contribution >= 0.6 is 11.8 Å². The van der Waals surface area contributed by atoms with Crippen molar-refractivity contribution in [3.05, 3.63) is 65.7 Å². The maximum atomic E-state index is 5.82. The van der Waals surface area contributed by atoms with Crippen LogP contribution in [0.4, 0.5) is 0 Å². The highest BCUT2D eigenvalue weighted by molar-refractivity contribution is 7.98. The monoisotopic (exact) mass is 393 g/mol. The van der Waals surface area contributed by atoms with Crippen LogP contribution in [0.1, 0.15) is 41.8 Å². The first kappa shape index (κ1) is 17.2. The summed E-state index contributed by atoms with van der Waals surface area (Å²) in [7, 11) is 0. The number of thioether (sulfide) groups is 1. The number of rotatable bonds is 7. The Hall–Kier alpha value is -2.87. The van der Waals surface area contributed by atoms with Crippen molar-refractivity contribution in [2.75, 3.05) is 0 Å². The molecule has 28 heavy (non-hydrogen) atoms. The molecule has 0 radical (unpaired) electrons. The van der Waals surface area contributed by atoms with E-state index in [-0.39, 0.29) is 0 Å². The Morgan fingerprint density at radius 3 is 2.68 bits per heavy atom. The number of hydrogen-bond acceptors (Lipinski definition) is 7. The summed E-state index contributed by atoms with van der Waals surface area (Å²) in [5, 5.41) is 18.0. The van der Waals surface area contributed by atoms with E-state index in [0.29, 0.717) is 30.0 Å². The SMILES string of the molecule is Cc1ccc(-c2nnc(CSc3nnc(C4CC4)n3Cc3ccco3)o2)cc1. The second kappa shape index (κ2) is 7.27. The van der Waals surface area contributed by atoms with E-state index in [4.69, 9.17) is 8.83 Å². The quantitative estimate of drug-likeness (QED) is 0.429. The number of hydrogen-bond donors (Lipinski definition) is 0. The lowest BCUT2D eigenvalue weighted by molar-refractivity contribution is 0.478. The molecule has 8 heteroatoms. The second-order valence-electron chi connectivity index (χ2n) is 6.94. The van der Waals surface area contributed by atoms with Crippen LogP contribution in [0.2, 0.25) is 0 Å². The summed E-state index contributed by atoms with van der Waals surface area (Å²) >= 11 is 1.55. The smallest absolute Gasteiger partial charge is 0.247 e. The van der Waals surface area contributed by atoms with E-state index in [1.807, 2.05) is 36.4 Å². The molecule has 0 saturated heterocycles. The van der Waals surface area contributed by atoms with Gasteiger partial charge in [0.25, 0.3) is 0 Å². The van der Waals surface area contributed by atoms with Crippen molar-refractivity contribution < 1.29 is 8.83 Å². The Bertz CT molecular complexity index is 1060. The topological polar surface area (TPSA) is 82.8 Å².